The van der Waals surface area contributed by atoms with Crippen LogP contribution < -0.4 is 11.1 Å². The van der Waals surface area contributed by atoms with E-state index in [0.717, 1.165) is 27.5 Å². The minimum atomic E-state index is 0.0341. The summed E-state index contributed by atoms with van der Waals surface area (Å²) in [5.41, 5.74) is 9.20. The molecule has 4 aromatic rings. The Morgan fingerprint density at radius 2 is 1.88 bits per heavy atom. The first kappa shape index (κ1) is 14.2. The number of carbonyl (C=O) groups excluding carboxylic acids is 1. The number of rotatable bonds is 3. The van der Waals surface area contributed by atoms with Crippen molar-refractivity contribution in [3.8, 4) is 0 Å². The number of carbonyl (C=O) groups is 1. The highest BCUT2D eigenvalue weighted by Gasteiger charge is 2.14. The number of nitrogens with two attached hydrogens (primary N) is 1. The van der Waals surface area contributed by atoms with Gasteiger partial charge in [-0.15, -0.1) is 0 Å². The molecule has 4 N–H and O–H groups in total. The lowest BCUT2D eigenvalue weighted by molar-refractivity contribution is 0.101. The Bertz CT molecular complexity index is 1070. The lowest BCUT2D eigenvalue weighted by atomic mass is 10.1. The van der Waals surface area contributed by atoms with Gasteiger partial charge < -0.3 is 11.1 Å². The predicted octanol–water partition coefficient (Wildman–Crippen LogP) is 3.64. The molecule has 0 atom stereocenters. The van der Waals surface area contributed by atoms with Gasteiger partial charge in [-0.3, -0.25) is 9.89 Å². The quantitative estimate of drug-likeness (QED) is 0.501. The van der Waals surface area contributed by atoms with Crippen LogP contribution in [-0.2, 0) is 0 Å². The molecule has 0 aliphatic carbocycles. The van der Waals surface area contributed by atoms with Crippen LogP contribution in [0.15, 0.2) is 48.5 Å². The minimum Gasteiger partial charge on any atom is -0.382 e. The van der Waals surface area contributed by atoms with Crippen LogP contribution in [0.5, 0.6) is 0 Å². The van der Waals surface area contributed by atoms with Gasteiger partial charge in [-0.2, -0.15) is 5.10 Å². The maximum atomic E-state index is 11.4. The average molecular weight is 317 g/mol. The van der Waals surface area contributed by atoms with E-state index in [0.29, 0.717) is 17.2 Å². The summed E-state index contributed by atoms with van der Waals surface area (Å²) in [6.45, 7) is 1.54. The van der Waals surface area contributed by atoms with Crippen molar-refractivity contribution in [2.45, 2.75) is 6.92 Å². The van der Waals surface area contributed by atoms with Gasteiger partial charge in [-0.25, -0.2) is 4.98 Å². The maximum Gasteiger partial charge on any atom is 0.159 e. The molecule has 2 aromatic heterocycles. The Morgan fingerprint density at radius 3 is 2.62 bits per heavy atom. The number of hydrogen-bond donors (Lipinski definition) is 3. The topological polar surface area (TPSA) is 96.7 Å². The molecule has 2 heterocycles. The van der Waals surface area contributed by atoms with Gasteiger partial charge in [0.25, 0.3) is 0 Å². The highest BCUT2D eigenvalue weighted by atomic mass is 16.1. The Kier molecular flexibility index (Phi) is 3.16. The van der Waals surface area contributed by atoms with Gasteiger partial charge in [0.05, 0.1) is 16.4 Å². The fraction of sp³-hybridized carbons (Fsp3) is 0.0556. The van der Waals surface area contributed by atoms with Crippen molar-refractivity contribution >= 4 is 44.9 Å². The first-order valence-electron chi connectivity index (χ1n) is 7.54. The largest absolute Gasteiger partial charge is 0.382 e. The summed E-state index contributed by atoms with van der Waals surface area (Å²) in [4.78, 5) is 16.1. The molecule has 2 aromatic carbocycles. The molecule has 0 amide bonds. The first-order chi connectivity index (χ1) is 11.6. The molecule has 0 radical (unpaired) electrons. The van der Waals surface area contributed by atoms with E-state index in [4.69, 9.17) is 5.73 Å². The molecule has 0 saturated carbocycles. The zero-order chi connectivity index (χ0) is 16.7. The van der Waals surface area contributed by atoms with Crippen molar-refractivity contribution in [2.75, 3.05) is 11.1 Å². The van der Waals surface area contributed by atoms with Gasteiger partial charge in [0.1, 0.15) is 5.82 Å². The Balaban J connectivity index is 1.85. The molecule has 118 valence electrons. The standard InChI is InChI=1S/C18H15N5O/c1-10(24)11-6-8-12(9-7-11)20-18-15-16(22-23-17(15)19)13-4-2-3-5-14(13)21-18/h2-9H,1H3,(H,20,21)(H3,19,22,23). The van der Waals surface area contributed by atoms with Crippen molar-refractivity contribution in [1.82, 2.24) is 15.2 Å². The highest BCUT2D eigenvalue weighted by Crippen LogP contribution is 2.32. The van der Waals surface area contributed by atoms with Crippen LogP contribution in [0, 0.1) is 0 Å². The summed E-state index contributed by atoms with van der Waals surface area (Å²) in [5.74, 6) is 1.06. The zero-order valence-electron chi connectivity index (χ0n) is 13.0. The van der Waals surface area contributed by atoms with Crippen molar-refractivity contribution in [1.29, 1.82) is 0 Å². The lowest BCUT2D eigenvalue weighted by Gasteiger charge is -2.09. The van der Waals surface area contributed by atoms with Crippen LogP contribution in [0.3, 0.4) is 0 Å². The Morgan fingerprint density at radius 1 is 1.12 bits per heavy atom. The van der Waals surface area contributed by atoms with Crippen LogP contribution in [0.4, 0.5) is 17.3 Å². The number of anilines is 3. The summed E-state index contributed by atoms with van der Waals surface area (Å²) in [6, 6.07) is 15.1. The minimum absolute atomic E-state index is 0.0341. The van der Waals surface area contributed by atoms with E-state index >= 15 is 0 Å². The molecule has 0 spiro atoms. The summed E-state index contributed by atoms with van der Waals surface area (Å²) >= 11 is 0. The molecule has 0 unspecified atom stereocenters. The van der Waals surface area contributed by atoms with E-state index in [2.05, 4.69) is 20.5 Å². The van der Waals surface area contributed by atoms with E-state index in [1.807, 2.05) is 36.4 Å². The summed E-state index contributed by atoms with van der Waals surface area (Å²) in [7, 11) is 0. The third-order valence-corrected chi connectivity index (χ3v) is 3.99. The number of aromatic nitrogens is 3. The number of Topliss-reactive ketones (excluding diaryl/α,β-unsaturated/α-hetero) is 1. The van der Waals surface area contributed by atoms with Crippen LogP contribution >= 0.6 is 0 Å². The molecule has 24 heavy (non-hydrogen) atoms. The van der Waals surface area contributed by atoms with E-state index in [1.54, 1.807) is 19.1 Å². The number of aromatic amines is 1. The molecular formula is C18H15N5O. The van der Waals surface area contributed by atoms with Gasteiger partial charge in [0.15, 0.2) is 11.6 Å². The van der Waals surface area contributed by atoms with Crippen LogP contribution in [-0.4, -0.2) is 21.0 Å². The van der Waals surface area contributed by atoms with Gasteiger partial charge in [0, 0.05) is 16.6 Å². The number of hydrogen-bond acceptors (Lipinski definition) is 5. The van der Waals surface area contributed by atoms with Gasteiger partial charge >= 0.3 is 0 Å². The van der Waals surface area contributed by atoms with Crippen LogP contribution in [0.25, 0.3) is 21.8 Å². The van der Waals surface area contributed by atoms with Gasteiger partial charge in [-0.1, -0.05) is 18.2 Å². The van der Waals surface area contributed by atoms with Crippen molar-refractivity contribution in [3.05, 3.63) is 54.1 Å². The second-order valence-corrected chi connectivity index (χ2v) is 5.59. The van der Waals surface area contributed by atoms with Crippen LogP contribution in [0.2, 0.25) is 0 Å². The van der Waals surface area contributed by atoms with Crippen molar-refractivity contribution in [2.24, 2.45) is 0 Å². The number of nitrogens with one attached hydrogen (secondary N) is 2. The fourth-order valence-corrected chi connectivity index (χ4v) is 2.76. The number of nitrogens with zero attached hydrogens (tertiary/aromatic N) is 2. The normalized spacial score (nSPS) is 11.0. The summed E-state index contributed by atoms with van der Waals surface area (Å²) in [6.07, 6.45) is 0. The molecule has 6 nitrogen and oxygen atoms in total. The van der Waals surface area contributed by atoms with E-state index in [-0.39, 0.29) is 5.78 Å². The molecule has 0 aliphatic heterocycles. The number of benzene rings is 2. The Hall–Kier alpha value is -3.41. The molecule has 4 rings (SSSR count). The molecular weight excluding hydrogens is 302 g/mol. The molecule has 0 saturated heterocycles. The number of H-pyrrole nitrogens is 1. The first-order valence-corrected chi connectivity index (χ1v) is 7.54. The number of ketones is 1. The monoisotopic (exact) mass is 317 g/mol. The SMILES string of the molecule is CC(=O)c1ccc(Nc2nc3ccccc3c3[nH]nc(N)c23)cc1. The molecule has 0 aliphatic rings. The smallest absolute Gasteiger partial charge is 0.159 e. The molecule has 0 bridgehead atoms. The third-order valence-electron chi connectivity index (χ3n) is 3.99. The second-order valence-electron chi connectivity index (χ2n) is 5.59. The lowest BCUT2D eigenvalue weighted by Crippen LogP contribution is -1.98. The Labute approximate surface area is 137 Å². The number of pyridine rings is 1. The number of nitrogen functional groups attached to an aromatic ring is 1. The van der Waals surface area contributed by atoms with Crippen LogP contribution in [0.1, 0.15) is 17.3 Å². The zero-order valence-corrected chi connectivity index (χ0v) is 13.0. The maximum absolute atomic E-state index is 11.4. The van der Waals surface area contributed by atoms with Crippen molar-refractivity contribution < 1.29 is 4.79 Å². The average Bonchev–Trinajstić information content (AvgIpc) is 2.98. The van der Waals surface area contributed by atoms with E-state index in [9.17, 15) is 4.79 Å². The van der Waals surface area contributed by atoms with E-state index in [1.165, 1.54) is 0 Å². The fourth-order valence-electron chi connectivity index (χ4n) is 2.76. The second kappa shape index (κ2) is 5.34. The summed E-state index contributed by atoms with van der Waals surface area (Å²) < 4.78 is 0. The van der Waals surface area contributed by atoms with Gasteiger partial charge in [-0.05, 0) is 37.3 Å². The van der Waals surface area contributed by atoms with Crippen molar-refractivity contribution in [3.63, 3.8) is 0 Å². The summed E-state index contributed by atoms with van der Waals surface area (Å²) in [5, 5.41) is 12.1. The van der Waals surface area contributed by atoms with Gasteiger partial charge in [0.2, 0.25) is 0 Å². The number of fused-ring (bicyclic) bond motifs is 3. The third kappa shape index (κ3) is 2.25. The van der Waals surface area contributed by atoms with E-state index < -0.39 is 0 Å². The number of para-hydroxylation sites is 1. The highest BCUT2D eigenvalue weighted by molar-refractivity contribution is 6.12. The molecule has 0 fully saturated rings. The predicted molar refractivity (Wildman–Crippen MR) is 95.5 cm³/mol. The molecule has 6 heteroatoms.